The maximum atomic E-state index is 5.24. The average Bonchev–Trinajstić information content (AvgIpc) is 2.32. The molecule has 1 N–H and O–H groups in total. The predicted octanol–water partition coefficient (Wildman–Crippen LogP) is 1.37. The lowest BCUT2D eigenvalue weighted by molar-refractivity contribution is 0.0700. The summed E-state index contributed by atoms with van der Waals surface area (Å²) in [5, 5.41) is 4.16. The van der Waals surface area contributed by atoms with Crippen LogP contribution in [0.2, 0.25) is 0 Å². The van der Waals surface area contributed by atoms with Crippen LogP contribution in [0, 0.1) is 0 Å². The second-order valence-electron chi connectivity index (χ2n) is 3.37. The number of rotatable bonds is 3. The SMILES string of the molecule is C(=NNc1ccccc1)N1CCOCC1. The molecule has 0 amide bonds. The molecule has 2 rings (SSSR count). The number of hydrogen-bond donors (Lipinski definition) is 1. The van der Waals surface area contributed by atoms with Gasteiger partial charge >= 0.3 is 0 Å². The second kappa shape index (κ2) is 5.36. The summed E-state index contributed by atoms with van der Waals surface area (Å²) in [5.41, 5.74) is 3.98. The highest BCUT2D eigenvalue weighted by atomic mass is 16.5. The first-order chi connectivity index (χ1) is 7.45. The van der Waals surface area contributed by atoms with Gasteiger partial charge in [-0.25, -0.2) is 0 Å². The summed E-state index contributed by atoms with van der Waals surface area (Å²) in [6.07, 6.45) is 1.83. The first-order valence-electron chi connectivity index (χ1n) is 5.11. The smallest absolute Gasteiger partial charge is 0.111 e. The fraction of sp³-hybridized carbons (Fsp3) is 0.364. The molecule has 1 fully saturated rings. The van der Waals surface area contributed by atoms with E-state index in [-0.39, 0.29) is 0 Å². The molecule has 0 aromatic heterocycles. The minimum atomic E-state index is 0.789. The third kappa shape index (κ3) is 3.25. The Labute approximate surface area is 89.5 Å². The Morgan fingerprint density at radius 2 is 1.93 bits per heavy atom. The van der Waals surface area contributed by atoms with Crippen LogP contribution in [0.1, 0.15) is 0 Å². The molecule has 0 aliphatic carbocycles. The average molecular weight is 205 g/mol. The van der Waals surface area contributed by atoms with Gasteiger partial charge in [-0.15, -0.1) is 0 Å². The Morgan fingerprint density at radius 3 is 2.67 bits per heavy atom. The van der Waals surface area contributed by atoms with E-state index in [0.717, 1.165) is 32.0 Å². The molecule has 0 radical (unpaired) electrons. The van der Waals surface area contributed by atoms with Gasteiger partial charge in [0.25, 0.3) is 0 Å². The van der Waals surface area contributed by atoms with Gasteiger partial charge in [0.15, 0.2) is 0 Å². The third-order valence-corrected chi connectivity index (χ3v) is 2.23. The summed E-state index contributed by atoms with van der Waals surface area (Å²) in [6.45, 7) is 3.41. The molecular formula is C11H15N3O. The molecule has 1 aromatic carbocycles. The first kappa shape index (κ1) is 9.98. The van der Waals surface area contributed by atoms with Crippen molar-refractivity contribution in [1.29, 1.82) is 0 Å². The lowest BCUT2D eigenvalue weighted by atomic mass is 10.3. The summed E-state index contributed by atoms with van der Waals surface area (Å²) in [5.74, 6) is 0. The van der Waals surface area contributed by atoms with E-state index >= 15 is 0 Å². The van der Waals surface area contributed by atoms with Crippen molar-refractivity contribution in [3.8, 4) is 0 Å². The number of para-hydroxylation sites is 1. The van der Waals surface area contributed by atoms with Gasteiger partial charge in [0.2, 0.25) is 0 Å². The van der Waals surface area contributed by atoms with Gasteiger partial charge in [0.05, 0.1) is 18.9 Å². The van der Waals surface area contributed by atoms with Crippen LogP contribution in [0.25, 0.3) is 0 Å². The fourth-order valence-electron chi connectivity index (χ4n) is 1.39. The number of nitrogens with zero attached hydrogens (tertiary/aromatic N) is 2. The van der Waals surface area contributed by atoms with Crippen molar-refractivity contribution in [2.75, 3.05) is 31.7 Å². The number of morpholine rings is 1. The zero-order valence-electron chi connectivity index (χ0n) is 8.60. The van der Waals surface area contributed by atoms with Gasteiger partial charge < -0.3 is 9.64 Å². The molecule has 4 nitrogen and oxygen atoms in total. The van der Waals surface area contributed by atoms with Crippen LogP contribution in [0.5, 0.6) is 0 Å². The van der Waals surface area contributed by atoms with Crippen LogP contribution in [-0.2, 0) is 4.74 Å². The van der Waals surface area contributed by atoms with E-state index in [9.17, 15) is 0 Å². The Morgan fingerprint density at radius 1 is 1.20 bits per heavy atom. The van der Waals surface area contributed by atoms with Crippen molar-refractivity contribution in [1.82, 2.24) is 4.90 Å². The van der Waals surface area contributed by atoms with Crippen LogP contribution >= 0.6 is 0 Å². The van der Waals surface area contributed by atoms with Crippen molar-refractivity contribution >= 4 is 12.0 Å². The van der Waals surface area contributed by atoms with Gasteiger partial charge in [0.1, 0.15) is 6.34 Å². The molecule has 0 unspecified atom stereocenters. The standard InChI is InChI=1S/C11H15N3O/c1-2-4-11(5-3-1)13-12-10-14-6-8-15-9-7-14/h1-5,10,13H,6-9H2. The Bertz CT molecular complexity index is 307. The largest absolute Gasteiger partial charge is 0.378 e. The van der Waals surface area contributed by atoms with E-state index in [2.05, 4.69) is 15.4 Å². The topological polar surface area (TPSA) is 36.9 Å². The van der Waals surface area contributed by atoms with E-state index in [1.54, 1.807) is 0 Å². The van der Waals surface area contributed by atoms with E-state index in [1.807, 2.05) is 36.7 Å². The normalized spacial score (nSPS) is 16.9. The molecule has 1 aromatic rings. The molecule has 1 aliphatic rings. The van der Waals surface area contributed by atoms with Crippen molar-refractivity contribution in [2.45, 2.75) is 0 Å². The monoisotopic (exact) mass is 205 g/mol. The van der Waals surface area contributed by atoms with E-state index < -0.39 is 0 Å². The van der Waals surface area contributed by atoms with Gasteiger partial charge in [-0.3, -0.25) is 5.43 Å². The first-order valence-corrected chi connectivity index (χ1v) is 5.11. The second-order valence-corrected chi connectivity index (χ2v) is 3.37. The predicted molar refractivity (Wildman–Crippen MR) is 60.9 cm³/mol. The van der Waals surface area contributed by atoms with Crippen molar-refractivity contribution in [3.63, 3.8) is 0 Å². The van der Waals surface area contributed by atoms with Gasteiger partial charge in [-0.2, -0.15) is 5.10 Å². The molecule has 1 aliphatic heterocycles. The summed E-state index contributed by atoms with van der Waals surface area (Å²) in [6, 6.07) is 9.91. The van der Waals surface area contributed by atoms with Crippen LogP contribution in [0.3, 0.4) is 0 Å². The fourth-order valence-corrected chi connectivity index (χ4v) is 1.39. The minimum absolute atomic E-state index is 0.789. The molecule has 80 valence electrons. The molecule has 0 spiro atoms. The maximum Gasteiger partial charge on any atom is 0.111 e. The summed E-state index contributed by atoms with van der Waals surface area (Å²) < 4.78 is 5.24. The number of hydrazone groups is 1. The Kier molecular flexibility index (Phi) is 3.57. The van der Waals surface area contributed by atoms with Gasteiger partial charge in [0, 0.05) is 13.1 Å². The summed E-state index contributed by atoms with van der Waals surface area (Å²) in [4.78, 5) is 2.14. The van der Waals surface area contributed by atoms with Crippen molar-refractivity contribution < 1.29 is 4.74 Å². The number of anilines is 1. The number of nitrogens with one attached hydrogen (secondary N) is 1. The summed E-state index contributed by atoms with van der Waals surface area (Å²) >= 11 is 0. The maximum absolute atomic E-state index is 5.24. The van der Waals surface area contributed by atoms with Crippen molar-refractivity contribution in [3.05, 3.63) is 30.3 Å². The quantitative estimate of drug-likeness (QED) is 0.460. The third-order valence-electron chi connectivity index (χ3n) is 2.23. The molecule has 0 atom stereocenters. The van der Waals surface area contributed by atoms with E-state index in [0.29, 0.717) is 0 Å². The zero-order chi connectivity index (χ0) is 10.3. The highest BCUT2D eigenvalue weighted by Gasteiger charge is 2.05. The number of hydrogen-bond acceptors (Lipinski definition) is 3. The number of benzene rings is 1. The van der Waals surface area contributed by atoms with Crippen molar-refractivity contribution in [2.24, 2.45) is 5.10 Å². The number of ether oxygens (including phenoxy) is 1. The van der Waals surface area contributed by atoms with E-state index in [1.165, 1.54) is 0 Å². The molecule has 1 heterocycles. The lowest BCUT2D eigenvalue weighted by Gasteiger charge is -2.23. The molecule has 15 heavy (non-hydrogen) atoms. The van der Waals surface area contributed by atoms with Crippen LogP contribution in [0.4, 0.5) is 5.69 Å². The molecular weight excluding hydrogens is 190 g/mol. The summed E-state index contributed by atoms with van der Waals surface area (Å²) in [7, 11) is 0. The van der Waals surface area contributed by atoms with Gasteiger partial charge in [-0.05, 0) is 12.1 Å². The molecule has 0 bridgehead atoms. The molecule has 1 saturated heterocycles. The van der Waals surface area contributed by atoms with Crippen LogP contribution in [-0.4, -0.2) is 37.5 Å². The highest BCUT2D eigenvalue weighted by Crippen LogP contribution is 2.04. The van der Waals surface area contributed by atoms with Crippen LogP contribution in [0.15, 0.2) is 35.4 Å². The highest BCUT2D eigenvalue weighted by molar-refractivity contribution is 5.57. The van der Waals surface area contributed by atoms with Crippen LogP contribution < -0.4 is 5.43 Å². The van der Waals surface area contributed by atoms with Gasteiger partial charge in [-0.1, -0.05) is 18.2 Å². The zero-order valence-corrected chi connectivity index (χ0v) is 8.60. The molecule has 0 saturated carbocycles. The lowest BCUT2D eigenvalue weighted by Crippen LogP contribution is -2.35. The minimum Gasteiger partial charge on any atom is -0.378 e. The molecule has 4 heteroatoms. The Balaban J connectivity index is 1.79. The Hall–Kier alpha value is -1.55. The van der Waals surface area contributed by atoms with E-state index in [4.69, 9.17) is 4.74 Å².